The van der Waals surface area contributed by atoms with Gasteiger partial charge in [-0.15, -0.1) is 11.3 Å². The van der Waals surface area contributed by atoms with E-state index in [1.807, 2.05) is 17.5 Å². The monoisotopic (exact) mass is 251 g/mol. The normalized spacial score (nSPS) is 10.6. The maximum absolute atomic E-state index is 11.3. The SMILES string of the molecule is COCCn1nc(-c2cccs2)cc1C(N)=O. The molecule has 0 atom stereocenters. The van der Waals surface area contributed by atoms with Gasteiger partial charge in [0, 0.05) is 7.11 Å². The summed E-state index contributed by atoms with van der Waals surface area (Å²) in [5.74, 6) is -0.476. The van der Waals surface area contributed by atoms with Crippen LogP contribution < -0.4 is 5.73 Å². The maximum atomic E-state index is 11.3. The molecule has 0 unspecified atom stereocenters. The minimum absolute atomic E-state index is 0.408. The highest BCUT2D eigenvalue weighted by Gasteiger charge is 2.13. The molecule has 0 saturated heterocycles. The fraction of sp³-hybridized carbons (Fsp3) is 0.273. The third-order valence-electron chi connectivity index (χ3n) is 2.31. The smallest absolute Gasteiger partial charge is 0.266 e. The van der Waals surface area contributed by atoms with E-state index in [0.717, 1.165) is 10.6 Å². The Balaban J connectivity index is 2.34. The topological polar surface area (TPSA) is 70.1 Å². The first kappa shape index (κ1) is 11.8. The molecule has 0 radical (unpaired) electrons. The molecule has 2 heterocycles. The lowest BCUT2D eigenvalue weighted by Crippen LogP contribution is -2.19. The van der Waals surface area contributed by atoms with E-state index in [1.54, 1.807) is 29.2 Å². The molecule has 2 N–H and O–H groups in total. The summed E-state index contributed by atoms with van der Waals surface area (Å²) in [4.78, 5) is 12.3. The van der Waals surface area contributed by atoms with Crippen LogP contribution in [0.5, 0.6) is 0 Å². The zero-order chi connectivity index (χ0) is 12.3. The number of hydrogen-bond acceptors (Lipinski definition) is 4. The van der Waals surface area contributed by atoms with E-state index in [0.29, 0.717) is 18.8 Å². The standard InChI is InChI=1S/C11H13N3O2S/c1-16-5-4-14-9(11(12)15)7-8(13-14)10-3-2-6-17-10/h2-3,6-7H,4-5H2,1H3,(H2,12,15). The van der Waals surface area contributed by atoms with Crippen LogP contribution in [0.1, 0.15) is 10.5 Å². The van der Waals surface area contributed by atoms with Crippen molar-refractivity contribution in [2.24, 2.45) is 5.73 Å². The van der Waals surface area contributed by atoms with Gasteiger partial charge in [0.2, 0.25) is 0 Å². The lowest BCUT2D eigenvalue weighted by Gasteiger charge is -2.02. The van der Waals surface area contributed by atoms with Crippen LogP contribution in [0.15, 0.2) is 23.6 Å². The Kier molecular flexibility index (Phi) is 3.55. The molecular formula is C11H13N3O2S. The fourth-order valence-corrected chi connectivity index (χ4v) is 2.19. The molecule has 0 aromatic carbocycles. The summed E-state index contributed by atoms with van der Waals surface area (Å²) in [7, 11) is 1.60. The van der Waals surface area contributed by atoms with Crippen LogP contribution in [0.4, 0.5) is 0 Å². The van der Waals surface area contributed by atoms with Crippen molar-refractivity contribution in [1.82, 2.24) is 9.78 Å². The van der Waals surface area contributed by atoms with Gasteiger partial charge in [-0.25, -0.2) is 0 Å². The summed E-state index contributed by atoms with van der Waals surface area (Å²) in [6, 6.07) is 5.61. The third-order valence-corrected chi connectivity index (χ3v) is 3.21. The Morgan fingerprint density at radius 3 is 3.06 bits per heavy atom. The molecule has 0 spiro atoms. The minimum Gasteiger partial charge on any atom is -0.383 e. The van der Waals surface area contributed by atoms with Gasteiger partial charge in [-0.1, -0.05) is 6.07 Å². The van der Waals surface area contributed by atoms with Gasteiger partial charge < -0.3 is 10.5 Å². The Labute approximate surface area is 103 Å². The van der Waals surface area contributed by atoms with Gasteiger partial charge in [0.05, 0.1) is 18.0 Å². The molecule has 0 aliphatic rings. The maximum Gasteiger partial charge on any atom is 0.266 e. The molecule has 0 bridgehead atoms. The van der Waals surface area contributed by atoms with E-state index in [2.05, 4.69) is 5.10 Å². The van der Waals surface area contributed by atoms with Crippen molar-refractivity contribution < 1.29 is 9.53 Å². The first-order valence-corrected chi connectivity index (χ1v) is 6.01. The lowest BCUT2D eigenvalue weighted by molar-refractivity contribution is 0.0986. The second-order valence-electron chi connectivity index (χ2n) is 3.47. The lowest BCUT2D eigenvalue weighted by atomic mass is 10.3. The molecule has 6 heteroatoms. The van der Waals surface area contributed by atoms with Gasteiger partial charge in [0.1, 0.15) is 11.4 Å². The van der Waals surface area contributed by atoms with Crippen molar-refractivity contribution >= 4 is 17.2 Å². The number of ether oxygens (including phenoxy) is 1. The second-order valence-corrected chi connectivity index (χ2v) is 4.42. The van der Waals surface area contributed by atoms with E-state index in [9.17, 15) is 4.79 Å². The minimum atomic E-state index is -0.476. The predicted molar refractivity (Wildman–Crippen MR) is 65.9 cm³/mol. The largest absolute Gasteiger partial charge is 0.383 e. The van der Waals surface area contributed by atoms with Crippen molar-refractivity contribution in [3.63, 3.8) is 0 Å². The average molecular weight is 251 g/mol. The molecule has 90 valence electrons. The van der Waals surface area contributed by atoms with Crippen LogP contribution >= 0.6 is 11.3 Å². The number of nitrogens with zero attached hydrogens (tertiary/aromatic N) is 2. The summed E-state index contributed by atoms with van der Waals surface area (Å²) < 4.78 is 6.55. The molecule has 0 aliphatic heterocycles. The van der Waals surface area contributed by atoms with Crippen LogP contribution in [0.2, 0.25) is 0 Å². The zero-order valence-electron chi connectivity index (χ0n) is 9.42. The molecular weight excluding hydrogens is 238 g/mol. The van der Waals surface area contributed by atoms with Crippen LogP contribution in [0.3, 0.4) is 0 Å². The van der Waals surface area contributed by atoms with E-state index < -0.39 is 5.91 Å². The van der Waals surface area contributed by atoms with Crippen molar-refractivity contribution in [3.8, 4) is 10.6 Å². The van der Waals surface area contributed by atoms with Crippen LogP contribution in [0, 0.1) is 0 Å². The van der Waals surface area contributed by atoms with E-state index in [4.69, 9.17) is 10.5 Å². The van der Waals surface area contributed by atoms with Crippen LogP contribution in [-0.4, -0.2) is 29.4 Å². The molecule has 2 aromatic heterocycles. The Hall–Kier alpha value is -1.66. The third kappa shape index (κ3) is 2.54. The van der Waals surface area contributed by atoms with Gasteiger partial charge >= 0.3 is 0 Å². The summed E-state index contributed by atoms with van der Waals surface area (Å²) in [6.07, 6.45) is 0. The molecule has 2 aromatic rings. The fourth-order valence-electron chi connectivity index (χ4n) is 1.51. The molecule has 0 saturated carbocycles. The van der Waals surface area contributed by atoms with Gasteiger partial charge in [-0.3, -0.25) is 9.48 Å². The van der Waals surface area contributed by atoms with Crippen molar-refractivity contribution in [2.45, 2.75) is 6.54 Å². The van der Waals surface area contributed by atoms with Crippen LogP contribution in [-0.2, 0) is 11.3 Å². The van der Waals surface area contributed by atoms with Gasteiger partial charge in [0.15, 0.2) is 0 Å². The quantitative estimate of drug-likeness (QED) is 0.872. The number of rotatable bonds is 5. The molecule has 2 rings (SSSR count). The van der Waals surface area contributed by atoms with Gasteiger partial charge in [-0.2, -0.15) is 5.10 Å². The van der Waals surface area contributed by atoms with Crippen molar-refractivity contribution in [1.29, 1.82) is 0 Å². The summed E-state index contributed by atoms with van der Waals surface area (Å²) in [6.45, 7) is 1.01. The summed E-state index contributed by atoms with van der Waals surface area (Å²) in [5, 5.41) is 6.32. The first-order valence-electron chi connectivity index (χ1n) is 5.13. The van der Waals surface area contributed by atoms with E-state index >= 15 is 0 Å². The Bertz CT molecular complexity index is 505. The van der Waals surface area contributed by atoms with E-state index in [-0.39, 0.29) is 0 Å². The van der Waals surface area contributed by atoms with Gasteiger partial charge in [-0.05, 0) is 17.5 Å². The molecule has 5 nitrogen and oxygen atoms in total. The number of nitrogens with two attached hydrogens (primary N) is 1. The molecule has 0 fully saturated rings. The first-order chi connectivity index (χ1) is 8.22. The number of methoxy groups -OCH3 is 1. The highest BCUT2D eigenvalue weighted by atomic mass is 32.1. The number of aromatic nitrogens is 2. The zero-order valence-corrected chi connectivity index (χ0v) is 10.2. The van der Waals surface area contributed by atoms with Crippen LogP contribution in [0.25, 0.3) is 10.6 Å². The Morgan fingerprint density at radius 1 is 1.65 bits per heavy atom. The highest BCUT2D eigenvalue weighted by Crippen LogP contribution is 2.23. The predicted octanol–water partition coefficient (Wildman–Crippen LogP) is 1.36. The summed E-state index contributed by atoms with van der Waals surface area (Å²) in [5.41, 5.74) is 6.49. The van der Waals surface area contributed by atoms with Crippen molar-refractivity contribution in [3.05, 3.63) is 29.3 Å². The number of amides is 1. The number of carbonyl (C=O) groups excluding carboxylic acids is 1. The van der Waals surface area contributed by atoms with Crippen molar-refractivity contribution in [2.75, 3.05) is 13.7 Å². The highest BCUT2D eigenvalue weighted by molar-refractivity contribution is 7.13. The number of hydrogen-bond donors (Lipinski definition) is 1. The molecule has 0 aliphatic carbocycles. The number of carbonyl (C=O) groups is 1. The van der Waals surface area contributed by atoms with E-state index in [1.165, 1.54) is 0 Å². The average Bonchev–Trinajstić information content (AvgIpc) is 2.94. The van der Waals surface area contributed by atoms with Gasteiger partial charge in [0.25, 0.3) is 5.91 Å². The molecule has 17 heavy (non-hydrogen) atoms. The number of thiophene rings is 1. The second kappa shape index (κ2) is 5.11. The molecule has 1 amide bonds. The summed E-state index contributed by atoms with van der Waals surface area (Å²) >= 11 is 1.57. The Morgan fingerprint density at radius 2 is 2.47 bits per heavy atom. The number of primary amides is 1.